The van der Waals surface area contributed by atoms with E-state index in [0.29, 0.717) is 12.2 Å². The van der Waals surface area contributed by atoms with Crippen LogP contribution in [-0.2, 0) is 4.79 Å². The molecule has 0 radical (unpaired) electrons. The Kier molecular flexibility index (Phi) is 5.19. The highest BCUT2D eigenvalue weighted by Crippen LogP contribution is 2.23. The van der Waals surface area contributed by atoms with E-state index >= 15 is 0 Å². The second-order valence-corrected chi connectivity index (χ2v) is 4.06. The first-order chi connectivity index (χ1) is 8.63. The van der Waals surface area contributed by atoms with Crippen molar-refractivity contribution in [3.8, 4) is 11.8 Å². The van der Waals surface area contributed by atoms with Crippen LogP contribution in [-0.4, -0.2) is 25.0 Å². The van der Waals surface area contributed by atoms with Gasteiger partial charge >= 0.3 is 0 Å². The fourth-order valence-electron chi connectivity index (χ4n) is 1.73. The molecule has 0 aromatic heterocycles. The van der Waals surface area contributed by atoms with Crippen molar-refractivity contribution >= 4 is 5.91 Å². The van der Waals surface area contributed by atoms with Crippen molar-refractivity contribution in [2.75, 3.05) is 14.2 Å². The molecule has 1 rings (SSSR count). The van der Waals surface area contributed by atoms with Gasteiger partial charge in [-0.15, -0.1) is 0 Å². The molecule has 0 fully saturated rings. The van der Waals surface area contributed by atoms with Crippen LogP contribution in [0.15, 0.2) is 24.3 Å². The molecule has 1 amide bonds. The Morgan fingerprint density at radius 2 is 2.28 bits per heavy atom. The first kappa shape index (κ1) is 14.0. The summed E-state index contributed by atoms with van der Waals surface area (Å²) in [6.07, 6.45) is 1.23. The van der Waals surface area contributed by atoms with Gasteiger partial charge in [0, 0.05) is 13.5 Å². The Labute approximate surface area is 108 Å². The zero-order valence-electron chi connectivity index (χ0n) is 11.0. The first-order valence-corrected chi connectivity index (χ1v) is 5.93. The summed E-state index contributed by atoms with van der Waals surface area (Å²) < 4.78 is 5.12. The van der Waals surface area contributed by atoms with Gasteiger partial charge in [0.2, 0.25) is 5.91 Å². The second kappa shape index (κ2) is 6.65. The number of rotatable bonds is 5. The second-order valence-electron chi connectivity index (χ2n) is 4.06. The summed E-state index contributed by atoms with van der Waals surface area (Å²) in [5.41, 5.74) is 0.767. The predicted octanol–water partition coefficient (Wildman–Crippen LogP) is 2.52. The smallest absolute Gasteiger partial charge is 0.223 e. The van der Waals surface area contributed by atoms with E-state index in [1.807, 2.05) is 25.1 Å². The van der Waals surface area contributed by atoms with Crippen molar-refractivity contribution in [2.24, 2.45) is 0 Å². The van der Waals surface area contributed by atoms with Crippen LogP contribution < -0.4 is 4.74 Å². The van der Waals surface area contributed by atoms with E-state index in [1.54, 1.807) is 20.2 Å². The molecule has 4 heteroatoms. The summed E-state index contributed by atoms with van der Waals surface area (Å²) >= 11 is 0. The Morgan fingerprint density at radius 3 is 2.83 bits per heavy atom. The standard InChI is InChI=1S/C14H18N2O2/c1-4-6-14(17)16(2)13(10-15)11-7-5-8-12(9-11)18-3/h5,7-9,13H,4,6H2,1-3H3. The lowest BCUT2D eigenvalue weighted by atomic mass is 10.1. The maximum Gasteiger partial charge on any atom is 0.223 e. The van der Waals surface area contributed by atoms with Gasteiger partial charge in [0.25, 0.3) is 0 Å². The number of carbonyl (C=O) groups is 1. The minimum absolute atomic E-state index is 0.0214. The molecule has 0 aliphatic heterocycles. The van der Waals surface area contributed by atoms with Gasteiger partial charge in [0.15, 0.2) is 0 Å². The average Bonchev–Trinajstić information content (AvgIpc) is 2.40. The summed E-state index contributed by atoms with van der Waals surface area (Å²) in [5.74, 6) is 0.663. The molecule has 96 valence electrons. The summed E-state index contributed by atoms with van der Waals surface area (Å²) in [5, 5.41) is 9.25. The van der Waals surface area contributed by atoms with Crippen molar-refractivity contribution in [2.45, 2.75) is 25.8 Å². The van der Waals surface area contributed by atoms with E-state index in [0.717, 1.165) is 12.0 Å². The number of amides is 1. The normalized spacial score (nSPS) is 11.4. The number of ether oxygens (including phenoxy) is 1. The van der Waals surface area contributed by atoms with E-state index in [4.69, 9.17) is 4.74 Å². The predicted molar refractivity (Wildman–Crippen MR) is 69.0 cm³/mol. The van der Waals surface area contributed by atoms with E-state index in [1.165, 1.54) is 4.90 Å². The Hall–Kier alpha value is -2.02. The highest BCUT2D eigenvalue weighted by molar-refractivity contribution is 5.76. The number of nitriles is 1. The molecule has 4 nitrogen and oxygen atoms in total. The van der Waals surface area contributed by atoms with Crippen LogP contribution in [0.4, 0.5) is 0 Å². The van der Waals surface area contributed by atoms with Crippen molar-refractivity contribution in [3.63, 3.8) is 0 Å². The molecule has 1 unspecified atom stereocenters. The maximum atomic E-state index is 11.8. The number of methoxy groups -OCH3 is 1. The van der Waals surface area contributed by atoms with Gasteiger partial charge in [-0.05, 0) is 24.1 Å². The minimum Gasteiger partial charge on any atom is -0.497 e. The zero-order valence-corrected chi connectivity index (χ0v) is 11.0. The zero-order chi connectivity index (χ0) is 13.5. The topological polar surface area (TPSA) is 53.3 Å². The monoisotopic (exact) mass is 246 g/mol. The van der Waals surface area contributed by atoms with Gasteiger partial charge in [-0.25, -0.2) is 0 Å². The van der Waals surface area contributed by atoms with E-state index in [9.17, 15) is 10.1 Å². The van der Waals surface area contributed by atoms with E-state index in [-0.39, 0.29) is 5.91 Å². The lowest BCUT2D eigenvalue weighted by Crippen LogP contribution is -2.30. The Morgan fingerprint density at radius 1 is 1.56 bits per heavy atom. The van der Waals surface area contributed by atoms with Gasteiger partial charge in [-0.2, -0.15) is 5.26 Å². The number of benzene rings is 1. The van der Waals surface area contributed by atoms with Gasteiger partial charge in [-0.1, -0.05) is 19.1 Å². The van der Waals surface area contributed by atoms with Crippen LogP contribution in [0.1, 0.15) is 31.4 Å². The van der Waals surface area contributed by atoms with Crippen molar-refractivity contribution in [1.82, 2.24) is 4.90 Å². The quantitative estimate of drug-likeness (QED) is 0.802. The first-order valence-electron chi connectivity index (χ1n) is 5.93. The molecule has 0 spiro atoms. The van der Waals surface area contributed by atoms with Crippen LogP contribution in [0, 0.1) is 11.3 Å². The molecule has 18 heavy (non-hydrogen) atoms. The lowest BCUT2D eigenvalue weighted by Gasteiger charge is -2.23. The number of carbonyl (C=O) groups excluding carboxylic acids is 1. The van der Waals surface area contributed by atoms with Crippen LogP contribution in [0.2, 0.25) is 0 Å². The molecule has 1 aromatic carbocycles. The highest BCUT2D eigenvalue weighted by atomic mass is 16.5. The molecule has 1 aromatic rings. The van der Waals surface area contributed by atoms with E-state index < -0.39 is 6.04 Å². The number of nitrogens with zero attached hydrogens (tertiary/aromatic N) is 2. The summed E-state index contributed by atoms with van der Waals surface area (Å²) in [4.78, 5) is 13.3. The molecule has 0 saturated heterocycles. The molecule has 0 aliphatic carbocycles. The van der Waals surface area contributed by atoms with Crippen molar-refractivity contribution in [1.29, 1.82) is 5.26 Å². The molecule has 0 heterocycles. The van der Waals surface area contributed by atoms with Gasteiger partial charge in [0.1, 0.15) is 11.8 Å². The fourth-order valence-corrected chi connectivity index (χ4v) is 1.73. The summed E-state index contributed by atoms with van der Waals surface area (Å²) in [7, 11) is 3.23. The molecular formula is C14H18N2O2. The van der Waals surface area contributed by atoms with Gasteiger partial charge in [-0.3, -0.25) is 4.79 Å². The molecule has 1 atom stereocenters. The summed E-state index contributed by atoms with van der Waals surface area (Å²) in [6, 6.07) is 8.82. The van der Waals surface area contributed by atoms with E-state index in [2.05, 4.69) is 6.07 Å². The van der Waals surface area contributed by atoms with Crippen LogP contribution in [0.5, 0.6) is 5.75 Å². The maximum absolute atomic E-state index is 11.8. The SMILES string of the molecule is CCCC(=O)N(C)C(C#N)c1cccc(OC)c1. The Bertz CT molecular complexity index is 451. The number of hydrogen-bond donors (Lipinski definition) is 0. The molecule has 0 saturated carbocycles. The third-order valence-electron chi connectivity index (χ3n) is 2.78. The fraction of sp³-hybridized carbons (Fsp3) is 0.429. The minimum atomic E-state index is -0.570. The highest BCUT2D eigenvalue weighted by Gasteiger charge is 2.20. The molecule has 0 aliphatic rings. The number of hydrogen-bond acceptors (Lipinski definition) is 3. The molecule has 0 bridgehead atoms. The van der Waals surface area contributed by atoms with Crippen molar-refractivity contribution < 1.29 is 9.53 Å². The van der Waals surface area contributed by atoms with Gasteiger partial charge < -0.3 is 9.64 Å². The molecular weight excluding hydrogens is 228 g/mol. The third-order valence-corrected chi connectivity index (χ3v) is 2.78. The Balaban J connectivity index is 2.95. The van der Waals surface area contributed by atoms with Crippen molar-refractivity contribution in [3.05, 3.63) is 29.8 Å². The largest absolute Gasteiger partial charge is 0.497 e. The average molecular weight is 246 g/mol. The van der Waals surface area contributed by atoms with Crippen LogP contribution in [0.3, 0.4) is 0 Å². The van der Waals surface area contributed by atoms with Crippen LogP contribution in [0.25, 0.3) is 0 Å². The van der Waals surface area contributed by atoms with Crippen LogP contribution >= 0.6 is 0 Å². The lowest BCUT2D eigenvalue weighted by molar-refractivity contribution is -0.131. The van der Waals surface area contributed by atoms with Gasteiger partial charge in [0.05, 0.1) is 13.2 Å². The third kappa shape index (κ3) is 3.24. The molecule has 0 N–H and O–H groups in total. The summed E-state index contributed by atoms with van der Waals surface area (Å²) in [6.45, 7) is 1.94.